The monoisotopic (exact) mass is 304 g/mol. The number of halogens is 1. The number of aromatic nitrogens is 2. The highest BCUT2D eigenvalue weighted by Crippen LogP contribution is 2.34. The predicted molar refractivity (Wildman–Crippen MR) is 80.3 cm³/mol. The van der Waals surface area contributed by atoms with Crippen molar-refractivity contribution >= 4 is 28.1 Å². The van der Waals surface area contributed by atoms with Crippen molar-refractivity contribution in [2.24, 2.45) is 0 Å². The molecule has 0 bridgehead atoms. The molecule has 0 aliphatic carbocycles. The Morgan fingerprint density at radius 1 is 1.40 bits per heavy atom. The minimum Gasteiger partial charge on any atom is -0.347 e. The molecule has 3 heterocycles. The Hall–Kier alpha value is -1.64. The third-order valence-corrected chi connectivity index (χ3v) is 4.86. The lowest BCUT2D eigenvalue weighted by atomic mass is 9.91. The quantitative estimate of drug-likeness (QED) is 0.852. The van der Waals surface area contributed by atoms with E-state index in [2.05, 4.69) is 27.0 Å². The third-order valence-electron chi connectivity index (χ3n) is 3.55. The molecule has 20 heavy (non-hydrogen) atoms. The molecule has 0 saturated carbocycles. The summed E-state index contributed by atoms with van der Waals surface area (Å²) in [6.07, 6.45) is 5.96. The van der Waals surface area contributed by atoms with E-state index in [0.717, 1.165) is 24.6 Å². The van der Waals surface area contributed by atoms with Crippen molar-refractivity contribution in [2.45, 2.75) is 18.8 Å². The highest BCUT2D eigenvalue weighted by molar-refractivity contribution is 7.19. The Balaban J connectivity index is 1.80. The average molecular weight is 305 g/mol. The topological polar surface area (TPSA) is 52.8 Å². The summed E-state index contributed by atoms with van der Waals surface area (Å²) in [6.45, 7) is 1.88. The van der Waals surface area contributed by atoms with Gasteiger partial charge in [0.15, 0.2) is 10.8 Å². The molecule has 1 atom stereocenters. The lowest BCUT2D eigenvalue weighted by Gasteiger charge is -2.32. The van der Waals surface area contributed by atoms with Crippen LogP contribution in [-0.4, -0.2) is 23.1 Å². The molecule has 0 radical (unpaired) electrons. The zero-order chi connectivity index (χ0) is 13.9. The standard InChI is InChI=1S/C14H13ClN4S/c15-13-12(8-16)18-14(20-13)19-7-1-2-11(9-19)10-3-5-17-6-4-10/h3-6,11H,1-2,7,9H2. The second-order valence-corrected chi connectivity index (χ2v) is 6.38. The van der Waals surface area contributed by atoms with Crippen LogP contribution in [0.3, 0.4) is 0 Å². The van der Waals surface area contributed by atoms with Crippen LogP contribution in [-0.2, 0) is 0 Å². The molecule has 2 aromatic rings. The van der Waals surface area contributed by atoms with E-state index in [4.69, 9.17) is 16.9 Å². The van der Waals surface area contributed by atoms with Crippen LogP contribution in [0.1, 0.15) is 30.0 Å². The number of piperidine rings is 1. The van der Waals surface area contributed by atoms with Gasteiger partial charge >= 0.3 is 0 Å². The van der Waals surface area contributed by atoms with Gasteiger partial charge in [0.2, 0.25) is 0 Å². The first-order valence-corrected chi connectivity index (χ1v) is 7.68. The minimum absolute atomic E-state index is 0.331. The van der Waals surface area contributed by atoms with E-state index in [1.807, 2.05) is 18.5 Å². The minimum atomic E-state index is 0.331. The summed E-state index contributed by atoms with van der Waals surface area (Å²) in [6, 6.07) is 6.18. The first-order valence-electron chi connectivity index (χ1n) is 6.49. The number of rotatable bonds is 2. The molecule has 0 spiro atoms. The number of nitriles is 1. The van der Waals surface area contributed by atoms with Crippen molar-refractivity contribution in [2.75, 3.05) is 18.0 Å². The molecular weight excluding hydrogens is 292 g/mol. The lowest BCUT2D eigenvalue weighted by Crippen LogP contribution is -2.34. The maximum atomic E-state index is 8.94. The molecule has 0 amide bonds. The summed E-state index contributed by atoms with van der Waals surface area (Å²) < 4.78 is 0.480. The van der Waals surface area contributed by atoms with E-state index >= 15 is 0 Å². The second-order valence-electron chi connectivity index (χ2n) is 4.80. The van der Waals surface area contributed by atoms with Crippen molar-refractivity contribution in [3.8, 4) is 6.07 Å². The van der Waals surface area contributed by atoms with Crippen LogP contribution in [0.25, 0.3) is 0 Å². The van der Waals surface area contributed by atoms with Crippen molar-refractivity contribution in [3.05, 3.63) is 40.1 Å². The maximum Gasteiger partial charge on any atom is 0.188 e. The first kappa shape index (κ1) is 13.3. The third kappa shape index (κ3) is 2.62. The van der Waals surface area contributed by atoms with Gasteiger partial charge in [0, 0.05) is 31.4 Å². The van der Waals surface area contributed by atoms with Gasteiger partial charge in [-0.2, -0.15) is 5.26 Å². The second kappa shape index (κ2) is 5.78. The van der Waals surface area contributed by atoms with E-state index in [1.54, 1.807) is 0 Å². The Labute approximate surface area is 126 Å². The fourth-order valence-electron chi connectivity index (χ4n) is 2.55. The van der Waals surface area contributed by atoms with E-state index in [0.29, 0.717) is 15.9 Å². The van der Waals surface area contributed by atoms with Crippen LogP contribution in [0.2, 0.25) is 4.34 Å². The highest BCUT2D eigenvalue weighted by atomic mass is 35.5. The van der Waals surface area contributed by atoms with Crippen molar-refractivity contribution in [1.82, 2.24) is 9.97 Å². The number of pyridine rings is 1. The Morgan fingerprint density at radius 2 is 2.20 bits per heavy atom. The average Bonchev–Trinajstić information content (AvgIpc) is 2.89. The van der Waals surface area contributed by atoms with Gasteiger partial charge < -0.3 is 4.90 Å². The van der Waals surface area contributed by atoms with Crippen LogP contribution in [0.4, 0.5) is 5.13 Å². The summed E-state index contributed by atoms with van der Waals surface area (Å²) >= 11 is 7.40. The molecule has 0 aromatic carbocycles. The predicted octanol–water partition coefficient (Wildman–Crippen LogP) is 3.45. The Kier molecular flexibility index (Phi) is 3.86. The summed E-state index contributed by atoms with van der Waals surface area (Å²) in [5.74, 6) is 0.486. The van der Waals surface area contributed by atoms with Crippen LogP contribution >= 0.6 is 22.9 Å². The number of thiazole rings is 1. The van der Waals surface area contributed by atoms with Crippen LogP contribution in [0.5, 0.6) is 0 Å². The molecule has 1 aliphatic heterocycles. The van der Waals surface area contributed by atoms with E-state index in [9.17, 15) is 0 Å². The van der Waals surface area contributed by atoms with E-state index < -0.39 is 0 Å². The number of hydrogen-bond donors (Lipinski definition) is 0. The summed E-state index contributed by atoms with van der Waals surface area (Å²) in [5.41, 5.74) is 1.64. The van der Waals surface area contributed by atoms with Gasteiger partial charge in [-0.25, -0.2) is 4.98 Å². The molecule has 6 heteroatoms. The van der Waals surface area contributed by atoms with Gasteiger partial charge in [0.25, 0.3) is 0 Å². The first-order chi connectivity index (χ1) is 9.78. The Morgan fingerprint density at radius 3 is 2.90 bits per heavy atom. The number of anilines is 1. The summed E-state index contributed by atoms with van der Waals surface area (Å²) in [5, 5.41) is 9.80. The van der Waals surface area contributed by atoms with E-state index in [1.165, 1.54) is 23.3 Å². The normalized spacial score (nSPS) is 18.8. The molecule has 1 fully saturated rings. The van der Waals surface area contributed by atoms with Crippen LogP contribution in [0, 0.1) is 11.3 Å². The molecule has 1 unspecified atom stereocenters. The Bertz CT molecular complexity index is 634. The lowest BCUT2D eigenvalue weighted by molar-refractivity contribution is 0.509. The number of hydrogen-bond acceptors (Lipinski definition) is 5. The molecule has 1 saturated heterocycles. The fraction of sp³-hybridized carbons (Fsp3) is 0.357. The molecule has 2 aromatic heterocycles. The molecule has 0 N–H and O–H groups in total. The SMILES string of the molecule is N#Cc1nc(N2CCCC(c3ccncc3)C2)sc1Cl. The van der Waals surface area contributed by atoms with Crippen molar-refractivity contribution < 1.29 is 0 Å². The van der Waals surface area contributed by atoms with Crippen LogP contribution in [0.15, 0.2) is 24.5 Å². The fourth-order valence-corrected chi connectivity index (χ4v) is 3.63. The van der Waals surface area contributed by atoms with Crippen LogP contribution < -0.4 is 4.90 Å². The molecule has 102 valence electrons. The largest absolute Gasteiger partial charge is 0.347 e. The molecule has 4 nitrogen and oxygen atoms in total. The highest BCUT2D eigenvalue weighted by Gasteiger charge is 2.24. The zero-order valence-corrected chi connectivity index (χ0v) is 12.4. The van der Waals surface area contributed by atoms with Gasteiger partial charge in [-0.05, 0) is 30.5 Å². The van der Waals surface area contributed by atoms with Crippen molar-refractivity contribution in [1.29, 1.82) is 5.26 Å². The molecule has 1 aliphatic rings. The van der Waals surface area contributed by atoms with Crippen molar-refractivity contribution in [3.63, 3.8) is 0 Å². The van der Waals surface area contributed by atoms with Gasteiger partial charge in [0.05, 0.1) is 0 Å². The van der Waals surface area contributed by atoms with E-state index in [-0.39, 0.29) is 0 Å². The summed E-state index contributed by atoms with van der Waals surface area (Å²) in [7, 11) is 0. The van der Waals surface area contributed by atoms with Gasteiger partial charge in [0.1, 0.15) is 10.4 Å². The van der Waals surface area contributed by atoms with Gasteiger partial charge in [-0.1, -0.05) is 22.9 Å². The molecule has 3 rings (SSSR count). The smallest absolute Gasteiger partial charge is 0.188 e. The van der Waals surface area contributed by atoms with Gasteiger partial charge in [-0.3, -0.25) is 4.98 Å². The maximum absolute atomic E-state index is 8.94. The number of nitrogens with zero attached hydrogens (tertiary/aromatic N) is 4. The zero-order valence-electron chi connectivity index (χ0n) is 10.8. The summed E-state index contributed by atoms with van der Waals surface area (Å²) in [4.78, 5) is 10.6. The van der Waals surface area contributed by atoms with Gasteiger partial charge in [-0.15, -0.1) is 0 Å². The molecular formula is C14H13ClN4S.